The highest BCUT2D eigenvalue weighted by Crippen LogP contribution is 2.22. The van der Waals surface area contributed by atoms with Gasteiger partial charge in [-0.3, -0.25) is 4.79 Å². The number of nitrogens with zero attached hydrogens (tertiary/aromatic N) is 2. The van der Waals surface area contributed by atoms with Crippen molar-refractivity contribution < 1.29 is 13.2 Å². The summed E-state index contributed by atoms with van der Waals surface area (Å²) < 4.78 is 26.6. The molecule has 5 nitrogen and oxygen atoms in total. The van der Waals surface area contributed by atoms with Crippen LogP contribution in [-0.4, -0.2) is 49.7 Å². The van der Waals surface area contributed by atoms with Crippen molar-refractivity contribution >= 4 is 15.9 Å². The van der Waals surface area contributed by atoms with E-state index in [1.807, 2.05) is 30.3 Å². The quantitative estimate of drug-likeness (QED) is 0.765. The molecule has 1 aliphatic heterocycles. The smallest absolute Gasteiger partial charge is 0.223 e. The van der Waals surface area contributed by atoms with Crippen molar-refractivity contribution in [1.82, 2.24) is 9.21 Å². The van der Waals surface area contributed by atoms with Gasteiger partial charge in [-0.15, -0.1) is 0 Å². The third kappa shape index (κ3) is 4.24. The Balaban J connectivity index is 1.52. The van der Waals surface area contributed by atoms with Crippen LogP contribution in [0.4, 0.5) is 0 Å². The lowest BCUT2D eigenvalue weighted by Crippen LogP contribution is -2.50. The molecule has 0 spiro atoms. The topological polar surface area (TPSA) is 57.7 Å². The van der Waals surface area contributed by atoms with Gasteiger partial charge in [0, 0.05) is 32.6 Å². The van der Waals surface area contributed by atoms with E-state index in [0.717, 1.165) is 18.4 Å². The number of benzene rings is 1. The predicted octanol–water partition coefficient (Wildman–Crippen LogP) is 2.02. The van der Waals surface area contributed by atoms with Gasteiger partial charge in [0.15, 0.2) is 0 Å². The van der Waals surface area contributed by atoms with Crippen LogP contribution < -0.4 is 0 Å². The lowest BCUT2D eigenvalue weighted by molar-refractivity contribution is -0.133. The SMILES string of the molecule is O=C(C[C@@H]1C=CCC1)N1CCN(S(=O)(=O)Cc2ccccc2)CC1. The number of piperazine rings is 1. The van der Waals surface area contributed by atoms with Crippen LogP contribution in [-0.2, 0) is 20.6 Å². The summed E-state index contributed by atoms with van der Waals surface area (Å²) in [4.78, 5) is 14.1. The first-order chi connectivity index (χ1) is 11.5. The summed E-state index contributed by atoms with van der Waals surface area (Å²) in [5.41, 5.74) is 0.795. The number of carbonyl (C=O) groups excluding carboxylic acids is 1. The van der Waals surface area contributed by atoms with E-state index >= 15 is 0 Å². The van der Waals surface area contributed by atoms with E-state index in [4.69, 9.17) is 0 Å². The zero-order valence-electron chi connectivity index (χ0n) is 13.8. The molecule has 1 heterocycles. The fraction of sp³-hybridized carbons (Fsp3) is 0.500. The minimum atomic E-state index is -3.32. The number of rotatable bonds is 5. The first kappa shape index (κ1) is 17.2. The number of amides is 1. The van der Waals surface area contributed by atoms with Gasteiger partial charge in [-0.25, -0.2) is 8.42 Å². The van der Waals surface area contributed by atoms with Gasteiger partial charge in [-0.05, 0) is 24.3 Å². The molecule has 1 aromatic carbocycles. The third-order valence-corrected chi connectivity index (χ3v) is 6.58. The van der Waals surface area contributed by atoms with Gasteiger partial charge in [0.05, 0.1) is 5.75 Å². The van der Waals surface area contributed by atoms with E-state index in [1.165, 1.54) is 4.31 Å². The molecule has 0 unspecified atom stereocenters. The van der Waals surface area contributed by atoms with Crippen molar-refractivity contribution in [2.45, 2.75) is 25.0 Å². The first-order valence-electron chi connectivity index (χ1n) is 8.51. The standard InChI is InChI=1S/C18H24N2O3S/c21-18(14-16-6-4-5-7-16)19-10-12-20(13-11-19)24(22,23)15-17-8-2-1-3-9-17/h1-4,6,8-9,16H,5,7,10-15H2/t16-/m1/s1. The highest BCUT2D eigenvalue weighted by atomic mass is 32.2. The Morgan fingerprint density at radius 2 is 1.79 bits per heavy atom. The Morgan fingerprint density at radius 3 is 2.42 bits per heavy atom. The molecule has 1 fully saturated rings. The molecule has 1 aromatic rings. The fourth-order valence-corrected chi connectivity index (χ4v) is 4.83. The fourth-order valence-electron chi connectivity index (χ4n) is 3.31. The number of sulfonamides is 1. The van der Waals surface area contributed by atoms with Gasteiger partial charge in [0.2, 0.25) is 15.9 Å². The van der Waals surface area contributed by atoms with Crippen LogP contribution in [0.15, 0.2) is 42.5 Å². The highest BCUT2D eigenvalue weighted by Gasteiger charge is 2.29. The van der Waals surface area contributed by atoms with Crippen LogP contribution in [0.5, 0.6) is 0 Å². The zero-order valence-corrected chi connectivity index (χ0v) is 14.6. The molecule has 0 saturated carbocycles. The molecule has 1 atom stereocenters. The maximum atomic E-state index is 12.5. The van der Waals surface area contributed by atoms with Gasteiger partial charge in [-0.2, -0.15) is 4.31 Å². The lowest BCUT2D eigenvalue weighted by Gasteiger charge is -2.34. The molecule has 0 aromatic heterocycles. The van der Waals surface area contributed by atoms with Gasteiger partial charge in [0.25, 0.3) is 0 Å². The molecule has 0 N–H and O–H groups in total. The van der Waals surface area contributed by atoms with E-state index in [0.29, 0.717) is 38.5 Å². The molecule has 0 bridgehead atoms. The van der Waals surface area contributed by atoms with Crippen molar-refractivity contribution in [1.29, 1.82) is 0 Å². The number of allylic oxidation sites excluding steroid dienone is 2. The molecule has 1 saturated heterocycles. The molecule has 24 heavy (non-hydrogen) atoms. The summed E-state index contributed by atoms with van der Waals surface area (Å²) in [6, 6.07) is 9.22. The molecule has 1 amide bonds. The normalized spacial score (nSPS) is 22.0. The average Bonchev–Trinajstić information content (AvgIpc) is 3.08. The van der Waals surface area contributed by atoms with Crippen molar-refractivity contribution in [3.05, 3.63) is 48.0 Å². The summed E-state index contributed by atoms with van der Waals surface area (Å²) in [6.07, 6.45) is 6.92. The second-order valence-corrected chi connectivity index (χ2v) is 8.46. The molecule has 1 aliphatic carbocycles. The Bertz CT molecular complexity index is 692. The Morgan fingerprint density at radius 1 is 1.08 bits per heavy atom. The molecule has 0 radical (unpaired) electrons. The summed E-state index contributed by atoms with van der Waals surface area (Å²) in [5, 5.41) is 0. The maximum absolute atomic E-state index is 12.5. The summed E-state index contributed by atoms with van der Waals surface area (Å²) >= 11 is 0. The van der Waals surface area contributed by atoms with E-state index < -0.39 is 10.0 Å². The zero-order chi connectivity index (χ0) is 17.0. The van der Waals surface area contributed by atoms with Crippen LogP contribution >= 0.6 is 0 Å². The summed E-state index contributed by atoms with van der Waals surface area (Å²) in [6.45, 7) is 1.76. The van der Waals surface area contributed by atoms with Crippen LogP contribution in [0, 0.1) is 5.92 Å². The van der Waals surface area contributed by atoms with Crippen LogP contribution in [0.3, 0.4) is 0 Å². The predicted molar refractivity (Wildman–Crippen MR) is 93.7 cm³/mol. The molecule has 130 valence electrons. The van der Waals surface area contributed by atoms with Gasteiger partial charge in [-0.1, -0.05) is 42.5 Å². The summed E-state index contributed by atoms with van der Waals surface area (Å²) in [5.74, 6) is 0.526. The Labute approximate surface area is 144 Å². The average molecular weight is 348 g/mol. The Hall–Kier alpha value is -1.66. The van der Waals surface area contributed by atoms with E-state index in [2.05, 4.69) is 12.2 Å². The minimum Gasteiger partial charge on any atom is -0.340 e. The van der Waals surface area contributed by atoms with Crippen LogP contribution in [0.1, 0.15) is 24.8 Å². The number of carbonyl (C=O) groups is 1. The second kappa shape index (κ2) is 7.49. The maximum Gasteiger partial charge on any atom is 0.223 e. The van der Waals surface area contributed by atoms with Gasteiger partial charge < -0.3 is 4.90 Å². The highest BCUT2D eigenvalue weighted by molar-refractivity contribution is 7.88. The van der Waals surface area contributed by atoms with Gasteiger partial charge >= 0.3 is 0 Å². The third-order valence-electron chi connectivity index (χ3n) is 4.73. The largest absolute Gasteiger partial charge is 0.340 e. The van der Waals surface area contributed by atoms with Crippen LogP contribution in [0.25, 0.3) is 0 Å². The summed E-state index contributed by atoms with van der Waals surface area (Å²) in [7, 11) is -3.32. The molecule has 2 aliphatic rings. The van der Waals surface area contributed by atoms with Crippen molar-refractivity contribution in [2.75, 3.05) is 26.2 Å². The van der Waals surface area contributed by atoms with Gasteiger partial charge in [0.1, 0.15) is 0 Å². The van der Waals surface area contributed by atoms with Crippen molar-refractivity contribution in [2.24, 2.45) is 5.92 Å². The molecule has 3 rings (SSSR count). The minimum absolute atomic E-state index is 0.0225. The van der Waals surface area contributed by atoms with Crippen molar-refractivity contribution in [3.63, 3.8) is 0 Å². The van der Waals surface area contributed by atoms with E-state index in [9.17, 15) is 13.2 Å². The van der Waals surface area contributed by atoms with Crippen molar-refractivity contribution in [3.8, 4) is 0 Å². The lowest BCUT2D eigenvalue weighted by atomic mass is 10.0. The number of hydrogen-bond donors (Lipinski definition) is 0. The number of hydrogen-bond acceptors (Lipinski definition) is 3. The van der Waals surface area contributed by atoms with E-state index in [1.54, 1.807) is 4.90 Å². The first-order valence-corrected chi connectivity index (χ1v) is 10.1. The second-order valence-electron chi connectivity index (χ2n) is 6.49. The Kier molecular flexibility index (Phi) is 5.36. The van der Waals surface area contributed by atoms with E-state index in [-0.39, 0.29) is 11.7 Å². The monoisotopic (exact) mass is 348 g/mol. The molecular formula is C18H24N2O3S. The molecule has 6 heteroatoms. The molecular weight excluding hydrogens is 324 g/mol. The van der Waals surface area contributed by atoms with Crippen LogP contribution in [0.2, 0.25) is 0 Å².